The number of allylic oxidation sites excluding steroid dienone is 2. The Morgan fingerprint density at radius 2 is 1.20 bits per heavy atom. The summed E-state index contributed by atoms with van der Waals surface area (Å²) >= 11 is 0. The largest absolute Gasteiger partial charge is 0.481 e. The summed E-state index contributed by atoms with van der Waals surface area (Å²) in [5.41, 5.74) is 0. The minimum Gasteiger partial charge on any atom is -0.481 e. The number of carboxylic acid groups (broad SMARTS) is 1. The van der Waals surface area contributed by atoms with E-state index in [1.165, 1.54) is 64.2 Å². The topological polar surface area (TPSA) is 57.6 Å². The predicted molar refractivity (Wildman–Crippen MR) is 128 cm³/mol. The molecule has 1 unspecified atom stereocenters. The molecular weight excluding hydrogens is 374 g/mol. The molecule has 176 valence electrons. The second-order valence-electron chi connectivity index (χ2n) is 8.53. The third kappa shape index (κ3) is 16.5. The van der Waals surface area contributed by atoms with Gasteiger partial charge in [-0.3, -0.25) is 9.59 Å². The van der Waals surface area contributed by atoms with E-state index in [1.807, 2.05) is 13.8 Å². The van der Waals surface area contributed by atoms with Gasteiger partial charge in [0, 0.05) is 19.0 Å². The van der Waals surface area contributed by atoms with Crippen LogP contribution in [0.4, 0.5) is 0 Å². The molecule has 0 rings (SSSR count). The predicted octanol–water partition coefficient (Wildman–Crippen LogP) is 7.37. The normalized spacial score (nSPS) is 12.4. The second kappa shape index (κ2) is 20.9. The van der Waals surface area contributed by atoms with Crippen molar-refractivity contribution in [1.29, 1.82) is 0 Å². The summed E-state index contributed by atoms with van der Waals surface area (Å²) in [5, 5.41) is 9.12. The van der Waals surface area contributed by atoms with E-state index < -0.39 is 5.97 Å². The van der Waals surface area contributed by atoms with Gasteiger partial charge in [-0.05, 0) is 46.0 Å². The summed E-state index contributed by atoms with van der Waals surface area (Å²) in [5.74, 6) is -1.24. The van der Waals surface area contributed by atoms with Crippen molar-refractivity contribution >= 4 is 11.9 Å². The van der Waals surface area contributed by atoms with Crippen molar-refractivity contribution in [2.24, 2.45) is 5.92 Å². The monoisotopic (exact) mass is 423 g/mol. The number of amides is 1. The van der Waals surface area contributed by atoms with Crippen LogP contribution in [0.15, 0.2) is 12.2 Å². The van der Waals surface area contributed by atoms with Crippen LogP contribution in [0.3, 0.4) is 0 Å². The van der Waals surface area contributed by atoms with Crippen LogP contribution in [0.2, 0.25) is 0 Å². The third-order valence-electron chi connectivity index (χ3n) is 5.91. The summed E-state index contributed by atoms with van der Waals surface area (Å²) in [4.78, 5) is 25.3. The molecule has 0 saturated carbocycles. The van der Waals surface area contributed by atoms with Crippen molar-refractivity contribution in [2.45, 2.75) is 124 Å². The molecule has 0 aromatic carbocycles. The van der Waals surface area contributed by atoms with Gasteiger partial charge < -0.3 is 10.0 Å². The van der Waals surface area contributed by atoms with E-state index in [-0.39, 0.29) is 18.2 Å². The number of carboxylic acids is 1. The fourth-order valence-corrected chi connectivity index (χ4v) is 3.96. The van der Waals surface area contributed by atoms with Gasteiger partial charge in [0.05, 0.1) is 6.42 Å². The lowest BCUT2D eigenvalue weighted by Crippen LogP contribution is -2.36. The van der Waals surface area contributed by atoms with Gasteiger partial charge in [-0.25, -0.2) is 0 Å². The number of carbonyl (C=O) groups excluding carboxylic acids is 1. The van der Waals surface area contributed by atoms with Crippen LogP contribution >= 0.6 is 0 Å². The van der Waals surface area contributed by atoms with E-state index in [9.17, 15) is 9.59 Å². The van der Waals surface area contributed by atoms with Crippen molar-refractivity contribution in [1.82, 2.24) is 4.90 Å². The molecule has 0 aliphatic heterocycles. The molecule has 1 N–H and O–H groups in total. The van der Waals surface area contributed by atoms with Crippen LogP contribution in [0.5, 0.6) is 0 Å². The van der Waals surface area contributed by atoms with E-state index in [0.29, 0.717) is 19.5 Å². The number of nitrogens with zero attached hydrogens (tertiary/aromatic N) is 1. The van der Waals surface area contributed by atoms with Crippen LogP contribution < -0.4 is 0 Å². The molecule has 0 fully saturated rings. The van der Waals surface area contributed by atoms with Gasteiger partial charge in [0.2, 0.25) is 5.91 Å². The quantitative estimate of drug-likeness (QED) is 0.155. The minimum absolute atomic E-state index is 0.00301. The Morgan fingerprint density at radius 3 is 1.67 bits per heavy atom. The van der Waals surface area contributed by atoms with Crippen molar-refractivity contribution < 1.29 is 14.7 Å². The van der Waals surface area contributed by atoms with Gasteiger partial charge in [0.1, 0.15) is 0 Å². The molecule has 0 heterocycles. The Balaban J connectivity index is 3.73. The zero-order valence-electron chi connectivity index (χ0n) is 20.2. The van der Waals surface area contributed by atoms with Crippen LogP contribution in [-0.2, 0) is 9.59 Å². The van der Waals surface area contributed by atoms with Crippen LogP contribution in [0.1, 0.15) is 124 Å². The standard InChI is InChI=1S/C26H49NO3/c1-4-7-8-9-10-11-12-13-14-15-16-17-18-19-20-21-22-24(23-25(28)29)26(30)27(5-2)6-3/h16-17,24H,4-15,18-23H2,1-3H3,(H,28,29)/b17-16+. The Kier molecular flexibility index (Phi) is 20.0. The van der Waals surface area contributed by atoms with E-state index in [2.05, 4.69) is 19.1 Å². The fourth-order valence-electron chi connectivity index (χ4n) is 3.96. The second-order valence-corrected chi connectivity index (χ2v) is 8.53. The Morgan fingerprint density at radius 1 is 0.733 bits per heavy atom. The number of aliphatic carboxylic acids is 1. The number of hydrogen-bond acceptors (Lipinski definition) is 2. The molecule has 0 spiro atoms. The first kappa shape index (κ1) is 28.7. The average Bonchev–Trinajstić information content (AvgIpc) is 2.73. The van der Waals surface area contributed by atoms with Gasteiger partial charge in [0.15, 0.2) is 0 Å². The lowest BCUT2D eigenvalue weighted by Gasteiger charge is -2.24. The number of unbranched alkanes of at least 4 members (excludes halogenated alkanes) is 12. The Hall–Kier alpha value is -1.32. The van der Waals surface area contributed by atoms with Gasteiger partial charge in [-0.2, -0.15) is 0 Å². The van der Waals surface area contributed by atoms with E-state index in [4.69, 9.17) is 5.11 Å². The van der Waals surface area contributed by atoms with Crippen LogP contribution in [0, 0.1) is 5.92 Å². The Bertz CT molecular complexity index is 444. The highest BCUT2D eigenvalue weighted by molar-refractivity contribution is 5.83. The molecule has 1 amide bonds. The highest BCUT2D eigenvalue weighted by Crippen LogP contribution is 2.18. The van der Waals surface area contributed by atoms with Crippen molar-refractivity contribution in [2.75, 3.05) is 13.1 Å². The fraction of sp³-hybridized carbons (Fsp3) is 0.846. The molecule has 0 aliphatic carbocycles. The molecule has 0 radical (unpaired) electrons. The van der Waals surface area contributed by atoms with Gasteiger partial charge in [-0.1, -0.05) is 83.3 Å². The maximum atomic E-state index is 12.5. The first-order valence-electron chi connectivity index (χ1n) is 12.7. The smallest absolute Gasteiger partial charge is 0.304 e. The molecular formula is C26H49NO3. The molecule has 30 heavy (non-hydrogen) atoms. The van der Waals surface area contributed by atoms with E-state index in [0.717, 1.165) is 25.7 Å². The average molecular weight is 424 g/mol. The molecule has 1 atom stereocenters. The molecule has 0 saturated heterocycles. The number of hydrogen-bond donors (Lipinski definition) is 1. The summed E-state index contributed by atoms with van der Waals surface area (Å²) < 4.78 is 0. The van der Waals surface area contributed by atoms with Crippen molar-refractivity contribution in [3.8, 4) is 0 Å². The lowest BCUT2D eigenvalue weighted by atomic mass is 9.95. The zero-order valence-corrected chi connectivity index (χ0v) is 20.2. The molecule has 0 aliphatic rings. The van der Waals surface area contributed by atoms with Crippen molar-refractivity contribution in [3.63, 3.8) is 0 Å². The van der Waals surface area contributed by atoms with Gasteiger partial charge in [0.25, 0.3) is 0 Å². The number of rotatable bonds is 21. The van der Waals surface area contributed by atoms with Crippen LogP contribution in [0.25, 0.3) is 0 Å². The SMILES string of the molecule is CCCCCCCCCCC/C=C/CCCCCC(CC(=O)O)C(=O)N(CC)CC. The minimum atomic E-state index is -0.875. The first-order chi connectivity index (χ1) is 14.6. The number of carbonyl (C=O) groups is 2. The van der Waals surface area contributed by atoms with Gasteiger partial charge in [-0.15, -0.1) is 0 Å². The highest BCUT2D eigenvalue weighted by Gasteiger charge is 2.24. The van der Waals surface area contributed by atoms with E-state index in [1.54, 1.807) is 4.90 Å². The summed E-state index contributed by atoms with van der Waals surface area (Å²) in [6.07, 6.45) is 23.0. The maximum Gasteiger partial charge on any atom is 0.304 e. The summed E-state index contributed by atoms with van der Waals surface area (Å²) in [6, 6.07) is 0. The molecule has 4 heteroatoms. The summed E-state index contributed by atoms with van der Waals surface area (Å²) in [7, 11) is 0. The molecule has 0 aromatic rings. The maximum absolute atomic E-state index is 12.5. The first-order valence-corrected chi connectivity index (χ1v) is 12.7. The van der Waals surface area contributed by atoms with Crippen LogP contribution in [-0.4, -0.2) is 35.0 Å². The van der Waals surface area contributed by atoms with Gasteiger partial charge >= 0.3 is 5.97 Å². The molecule has 0 bridgehead atoms. The third-order valence-corrected chi connectivity index (χ3v) is 5.91. The highest BCUT2D eigenvalue weighted by atomic mass is 16.4. The van der Waals surface area contributed by atoms with Crippen molar-refractivity contribution in [3.05, 3.63) is 12.2 Å². The van der Waals surface area contributed by atoms with E-state index >= 15 is 0 Å². The molecule has 4 nitrogen and oxygen atoms in total. The Labute approximate surface area is 186 Å². The lowest BCUT2D eigenvalue weighted by molar-refractivity contribution is -0.144. The zero-order chi connectivity index (χ0) is 22.5. The molecule has 0 aromatic heterocycles. The summed E-state index contributed by atoms with van der Waals surface area (Å²) in [6.45, 7) is 7.45.